The van der Waals surface area contributed by atoms with Gasteiger partial charge in [-0.2, -0.15) is 0 Å². The van der Waals surface area contributed by atoms with Gasteiger partial charge in [0, 0.05) is 28.1 Å². The van der Waals surface area contributed by atoms with Crippen LogP contribution in [0.4, 0.5) is 4.39 Å². The third-order valence-electron chi connectivity index (χ3n) is 10.6. The van der Waals surface area contributed by atoms with Crippen LogP contribution in [0.5, 0.6) is 0 Å². The van der Waals surface area contributed by atoms with Crippen molar-refractivity contribution in [3.8, 4) is 11.4 Å². The Morgan fingerprint density at radius 3 is 2.73 bits per heavy atom. The number of cyclic esters (lactones) is 1. The minimum Gasteiger partial charge on any atom is -0.458 e. The Labute approximate surface area is 234 Å². The first-order chi connectivity index (χ1) is 19.5. The number of pyridine rings is 2. The van der Waals surface area contributed by atoms with Gasteiger partial charge in [-0.3, -0.25) is 9.59 Å². The first-order valence-corrected chi connectivity index (χ1v) is 14.4. The third-order valence-corrected chi connectivity index (χ3v) is 10.6. The van der Waals surface area contributed by atoms with Crippen molar-refractivity contribution >= 4 is 22.8 Å². The predicted octanol–water partition coefficient (Wildman–Crippen LogP) is 2.90. The first-order valence-electron chi connectivity index (χ1n) is 14.4. The molecule has 1 aromatic carbocycles. The van der Waals surface area contributed by atoms with Crippen molar-refractivity contribution in [2.45, 2.75) is 89.1 Å². The minimum atomic E-state index is -1.94. The molecule has 2 bridgehead atoms. The summed E-state index contributed by atoms with van der Waals surface area (Å²) in [5, 5.41) is 15.4. The highest BCUT2D eigenvalue weighted by Gasteiger charge is 2.62. The Morgan fingerprint density at radius 2 is 2.02 bits per heavy atom. The fourth-order valence-corrected chi connectivity index (χ4v) is 8.42. The molecular weight excluding hydrogens is 527 g/mol. The van der Waals surface area contributed by atoms with Gasteiger partial charge in [-0.1, -0.05) is 6.92 Å². The van der Waals surface area contributed by atoms with Gasteiger partial charge in [0.25, 0.3) is 5.56 Å². The summed E-state index contributed by atoms with van der Waals surface area (Å²) in [5.74, 6) is -1.13. The highest BCUT2D eigenvalue weighted by atomic mass is 19.1. The van der Waals surface area contributed by atoms with E-state index in [0.29, 0.717) is 48.2 Å². The number of aliphatic hydroxyl groups is 1. The van der Waals surface area contributed by atoms with Gasteiger partial charge in [0.15, 0.2) is 5.60 Å². The second kappa shape index (κ2) is 7.80. The van der Waals surface area contributed by atoms with E-state index in [4.69, 9.17) is 15.5 Å². The Bertz CT molecular complexity index is 1820. The van der Waals surface area contributed by atoms with Gasteiger partial charge in [0.1, 0.15) is 12.4 Å². The van der Waals surface area contributed by atoms with Gasteiger partial charge in [0.2, 0.25) is 5.91 Å². The van der Waals surface area contributed by atoms with Crippen LogP contribution in [0.25, 0.3) is 22.3 Å². The monoisotopic (exact) mass is 558 g/mol. The van der Waals surface area contributed by atoms with Crippen molar-refractivity contribution in [1.29, 1.82) is 0 Å². The smallest absolute Gasteiger partial charge is 0.343 e. The van der Waals surface area contributed by atoms with Crippen molar-refractivity contribution in [1.82, 2.24) is 14.9 Å². The van der Waals surface area contributed by atoms with E-state index >= 15 is 4.39 Å². The lowest BCUT2D eigenvalue weighted by molar-refractivity contribution is -0.172. The lowest BCUT2D eigenvalue weighted by Crippen LogP contribution is -2.56. The van der Waals surface area contributed by atoms with Gasteiger partial charge >= 0.3 is 5.97 Å². The van der Waals surface area contributed by atoms with Gasteiger partial charge in [-0.25, -0.2) is 14.2 Å². The van der Waals surface area contributed by atoms with Crippen molar-refractivity contribution in [2.75, 3.05) is 0 Å². The first kappa shape index (κ1) is 25.1. The van der Waals surface area contributed by atoms with Crippen molar-refractivity contribution in [3.63, 3.8) is 0 Å². The van der Waals surface area contributed by atoms with E-state index in [1.807, 2.05) is 0 Å². The second-order valence-corrected chi connectivity index (χ2v) is 12.9. The van der Waals surface area contributed by atoms with Crippen LogP contribution in [0.3, 0.4) is 0 Å². The normalized spacial score (nSPS) is 30.4. The van der Waals surface area contributed by atoms with E-state index in [1.165, 1.54) is 6.07 Å². The number of hydrogen-bond donors (Lipinski definition) is 3. The molecule has 9 rings (SSSR count). The molecule has 212 valence electrons. The van der Waals surface area contributed by atoms with Crippen molar-refractivity contribution in [3.05, 3.63) is 61.7 Å². The van der Waals surface area contributed by atoms with E-state index in [1.54, 1.807) is 24.5 Å². The van der Waals surface area contributed by atoms with E-state index in [2.05, 4.69) is 5.32 Å². The number of nitrogens with two attached hydrogens (primary N) is 1. The van der Waals surface area contributed by atoms with E-state index in [-0.39, 0.29) is 59.6 Å². The number of aromatic nitrogens is 2. The van der Waals surface area contributed by atoms with Gasteiger partial charge in [-0.05, 0) is 74.6 Å². The van der Waals surface area contributed by atoms with Gasteiger partial charge < -0.3 is 25.5 Å². The summed E-state index contributed by atoms with van der Waals surface area (Å²) < 4.78 is 21.9. The molecule has 6 aliphatic rings. The molecule has 2 aliphatic heterocycles. The molecule has 3 aromatic rings. The standard InChI is InChI=1S/C31H31FN4O5/c1-3-31(40)18-8-22-25-16(10-36(22)26(37)17(18)11-41-28(31)39)24-20(35-27(38)29-6-7-30(33,12-29)13-29)5-4-15-14(2)19(32)9-21(34-25)23(15)24/h8-9,20,40H,3-7,10-13,33H2,1-2H3,(H,35,38)/t20?,29?,30?,31-/m0/s1. The highest BCUT2D eigenvalue weighted by molar-refractivity contribution is 5.94. The molecular formula is C31H31FN4O5. The summed E-state index contributed by atoms with van der Waals surface area (Å²) in [6.45, 7) is 3.42. The summed E-state index contributed by atoms with van der Waals surface area (Å²) in [6.07, 6.45) is 4.24. The average Bonchev–Trinajstić information content (AvgIpc) is 3.59. The number of carbonyl (C=O) groups excluding carboxylic acids is 2. The molecule has 41 heavy (non-hydrogen) atoms. The summed E-state index contributed by atoms with van der Waals surface area (Å²) in [5.41, 5.74) is 8.43. The topological polar surface area (TPSA) is 137 Å². The largest absolute Gasteiger partial charge is 0.458 e. The Balaban J connectivity index is 1.33. The number of fused-ring (bicyclic) bond motifs is 6. The number of rotatable bonds is 3. The number of nitrogens with one attached hydrogen (secondary N) is 1. The summed E-state index contributed by atoms with van der Waals surface area (Å²) in [7, 11) is 0. The molecule has 3 fully saturated rings. The molecule has 0 radical (unpaired) electrons. The number of nitrogens with zero attached hydrogens (tertiary/aromatic N) is 2. The number of ether oxygens (including phenoxy) is 1. The molecule has 0 saturated heterocycles. The third kappa shape index (κ3) is 3.07. The lowest BCUT2D eigenvalue weighted by Gasteiger charge is -2.44. The number of carbonyl (C=O) groups is 2. The zero-order chi connectivity index (χ0) is 28.6. The number of halogens is 1. The molecule has 2 aromatic heterocycles. The van der Waals surface area contributed by atoms with Crippen LogP contribution in [0.15, 0.2) is 16.9 Å². The maximum atomic E-state index is 15.1. The zero-order valence-electron chi connectivity index (χ0n) is 23.0. The number of esters is 1. The highest BCUT2D eigenvalue weighted by Crippen LogP contribution is 2.60. The maximum Gasteiger partial charge on any atom is 0.343 e. The predicted molar refractivity (Wildman–Crippen MR) is 146 cm³/mol. The molecule has 2 atom stereocenters. The molecule has 4 heterocycles. The average molecular weight is 559 g/mol. The molecule has 4 aliphatic carbocycles. The van der Waals surface area contributed by atoms with Crippen LogP contribution in [-0.2, 0) is 39.5 Å². The van der Waals surface area contributed by atoms with Crippen LogP contribution in [-0.4, -0.2) is 32.1 Å². The Morgan fingerprint density at radius 1 is 1.24 bits per heavy atom. The lowest BCUT2D eigenvalue weighted by atomic mass is 9.65. The second-order valence-electron chi connectivity index (χ2n) is 12.9. The van der Waals surface area contributed by atoms with Crippen LogP contribution in [0.2, 0.25) is 0 Å². The van der Waals surface area contributed by atoms with Crippen molar-refractivity contribution in [2.24, 2.45) is 11.1 Å². The summed E-state index contributed by atoms with van der Waals surface area (Å²) in [4.78, 5) is 44.9. The number of benzene rings is 1. The summed E-state index contributed by atoms with van der Waals surface area (Å²) >= 11 is 0. The molecule has 3 saturated carbocycles. The van der Waals surface area contributed by atoms with E-state index in [0.717, 1.165) is 34.9 Å². The maximum absolute atomic E-state index is 15.1. The van der Waals surface area contributed by atoms with Gasteiger partial charge in [-0.15, -0.1) is 0 Å². The number of amides is 1. The molecule has 9 nitrogen and oxygen atoms in total. The summed E-state index contributed by atoms with van der Waals surface area (Å²) in [6, 6.07) is 2.75. The molecule has 1 unspecified atom stereocenters. The number of aryl methyl sites for hydroxylation is 1. The fourth-order valence-electron chi connectivity index (χ4n) is 8.42. The van der Waals surface area contributed by atoms with Crippen LogP contribution in [0, 0.1) is 18.2 Å². The van der Waals surface area contributed by atoms with Crippen LogP contribution < -0.4 is 16.6 Å². The molecule has 1 amide bonds. The van der Waals surface area contributed by atoms with Gasteiger partial charge in [0.05, 0.1) is 40.5 Å². The van der Waals surface area contributed by atoms with Crippen LogP contribution >= 0.6 is 0 Å². The Hall–Kier alpha value is -3.63. The zero-order valence-corrected chi connectivity index (χ0v) is 23.0. The quantitative estimate of drug-likeness (QED) is 0.329. The SMILES string of the molecule is CC[C@@]1(O)C(=O)OCc2c1cc1n(c2=O)Cc2c-1nc1cc(F)c(C)c3c1c2C(NC(=O)C12CCC(N)(C1)C2)CC3. The number of hydrogen-bond acceptors (Lipinski definition) is 7. The Kier molecular flexibility index (Phi) is 4.78. The van der Waals surface area contributed by atoms with E-state index < -0.39 is 17.0 Å². The van der Waals surface area contributed by atoms with Crippen molar-refractivity contribution < 1.29 is 23.8 Å². The molecule has 10 heteroatoms. The molecule has 4 N–H and O–H groups in total. The molecule has 0 spiro atoms. The van der Waals surface area contributed by atoms with Crippen LogP contribution in [0.1, 0.15) is 84.9 Å². The minimum absolute atomic E-state index is 0.00823. The van der Waals surface area contributed by atoms with E-state index in [9.17, 15) is 19.5 Å². The fraction of sp³-hybridized carbons (Fsp3) is 0.484.